The van der Waals surface area contributed by atoms with Gasteiger partial charge in [-0.3, -0.25) is 28.5 Å². The predicted molar refractivity (Wildman–Crippen MR) is 168 cm³/mol. The topological polar surface area (TPSA) is 212 Å². The van der Waals surface area contributed by atoms with Crippen LogP contribution in [0.15, 0.2) is 29.3 Å². The molecule has 1 aliphatic carbocycles. The maximum atomic E-state index is 14.1. The van der Waals surface area contributed by atoms with Gasteiger partial charge in [-0.15, -0.1) is 0 Å². The van der Waals surface area contributed by atoms with E-state index in [4.69, 9.17) is 5.73 Å². The summed E-state index contributed by atoms with van der Waals surface area (Å²) >= 11 is 0. The zero-order valence-electron chi connectivity index (χ0n) is 25.7. The summed E-state index contributed by atoms with van der Waals surface area (Å²) in [5.41, 5.74) is 5.06. The van der Waals surface area contributed by atoms with Gasteiger partial charge in [0, 0.05) is 41.7 Å². The molecule has 1 saturated heterocycles. The maximum absolute atomic E-state index is 14.1. The van der Waals surface area contributed by atoms with E-state index in [-0.39, 0.29) is 48.4 Å². The van der Waals surface area contributed by atoms with Crippen LogP contribution in [0.3, 0.4) is 0 Å². The number of fused-ring (bicyclic) bond motifs is 1. The molecule has 4 amide bonds. The smallest absolute Gasteiger partial charge is 0.370 e. The number of nitrogens with zero attached hydrogens (tertiary/aromatic N) is 2. The van der Waals surface area contributed by atoms with Crippen LogP contribution < -0.4 is 11.1 Å². The highest BCUT2D eigenvalue weighted by molar-refractivity contribution is 7.70. The second kappa shape index (κ2) is 14.6. The van der Waals surface area contributed by atoms with Gasteiger partial charge >= 0.3 is 7.60 Å². The molecular weight excluding hydrogens is 601 g/mol. The third-order valence-corrected chi connectivity index (χ3v) is 9.55. The number of primary amides is 1. The molecule has 2 aromatic rings. The Morgan fingerprint density at radius 3 is 2.40 bits per heavy atom. The molecule has 2 aliphatic rings. The SMILES string of the molecule is CC(C)C(CCC(N)=O)=NC(=O)[C@@H]1CCCN1C(=O)[C@@H](CNC(=O)c1cc2cc(C(=O)P(=O)(O)O)ccc2[nH]1)C1CCCCC1. The monoisotopic (exact) mass is 643 g/mol. The number of aromatic amines is 1. The highest BCUT2D eigenvalue weighted by Gasteiger charge is 2.40. The Morgan fingerprint density at radius 1 is 1.04 bits per heavy atom. The number of carbonyl (C=O) groups is 5. The largest absolute Gasteiger partial charge is 0.396 e. The van der Waals surface area contributed by atoms with Crippen molar-refractivity contribution in [3.8, 4) is 0 Å². The number of amides is 4. The van der Waals surface area contributed by atoms with Gasteiger partial charge in [-0.25, -0.2) is 4.99 Å². The number of benzene rings is 1. The molecule has 2 heterocycles. The lowest BCUT2D eigenvalue weighted by atomic mass is 9.79. The van der Waals surface area contributed by atoms with Crippen molar-refractivity contribution in [3.05, 3.63) is 35.5 Å². The zero-order valence-corrected chi connectivity index (χ0v) is 26.6. The van der Waals surface area contributed by atoms with E-state index in [1.165, 1.54) is 24.3 Å². The number of rotatable bonds is 12. The first-order valence-electron chi connectivity index (χ1n) is 15.5. The Bertz CT molecular complexity index is 1540. The van der Waals surface area contributed by atoms with Crippen LogP contribution in [0.5, 0.6) is 0 Å². The standard InChI is InChI=1S/C31H42N5O8P/c1-18(2)23(12-13-27(32)37)35-29(39)26-9-6-14-36(26)30(40)22(19-7-4-3-5-8-19)17-33-28(38)25-16-21-15-20(10-11-24(21)34-25)31(41)45(42,43)44/h10-11,15-16,18-19,22,26,34H,3-9,12-14,17H2,1-2H3,(H2,32,37)(H,33,38)(H2,42,43,44)/t22-,26-/m0/s1. The van der Waals surface area contributed by atoms with Crippen molar-refractivity contribution < 1.29 is 38.3 Å². The fourth-order valence-corrected chi connectivity index (χ4v) is 6.76. The average molecular weight is 644 g/mol. The van der Waals surface area contributed by atoms with Crippen molar-refractivity contribution in [1.82, 2.24) is 15.2 Å². The van der Waals surface area contributed by atoms with E-state index >= 15 is 0 Å². The highest BCUT2D eigenvalue weighted by atomic mass is 31.2. The number of likely N-dealkylation sites (tertiary alicyclic amines) is 1. The normalized spacial score (nSPS) is 18.7. The minimum atomic E-state index is -4.96. The van der Waals surface area contributed by atoms with E-state index in [9.17, 15) is 38.3 Å². The lowest BCUT2D eigenvalue weighted by Crippen LogP contribution is -2.48. The molecule has 4 rings (SSSR count). The summed E-state index contributed by atoms with van der Waals surface area (Å²) in [7, 11) is -4.96. The van der Waals surface area contributed by atoms with Gasteiger partial charge in [-0.05, 0) is 68.2 Å². The van der Waals surface area contributed by atoms with Crippen molar-refractivity contribution in [1.29, 1.82) is 0 Å². The van der Waals surface area contributed by atoms with Gasteiger partial charge in [0.25, 0.3) is 17.3 Å². The molecule has 2 fully saturated rings. The minimum absolute atomic E-state index is 0.0390. The van der Waals surface area contributed by atoms with Crippen LogP contribution in [0.25, 0.3) is 10.9 Å². The molecule has 0 spiro atoms. The second-order valence-electron chi connectivity index (χ2n) is 12.3. The molecule has 0 radical (unpaired) electrons. The lowest BCUT2D eigenvalue weighted by Gasteiger charge is -2.34. The number of aromatic nitrogens is 1. The van der Waals surface area contributed by atoms with E-state index in [1.54, 1.807) is 4.90 Å². The molecule has 14 heteroatoms. The van der Waals surface area contributed by atoms with Gasteiger partial charge in [-0.1, -0.05) is 33.1 Å². The molecule has 0 unspecified atom stereocenters. The molecule has 2 atom stereocenters. The Hall–Kier alpha value is -3.67. The quantitative estimate of drug-likeness (QED) is 0.171. The summed E-state index contributed by atoms with van der Waals surface area (Å²) in [6.07, 6.45) is 6.22. The summed E-state index contributed by atoms with van der Waals surface area (Å²) < 4.78 is 11.4. The van der Waals surface area contributed by atoms with Gasteiger partial charge in [0.2, 0.25) is 11.8 Å². The van der Waals surface area contributed by atoms with E-state index in [0.717, 1.165) is 32.1 Å². The van der Waals surface area contributed by atoms with Crippen LogP contribution in [-0.4, -0.2) is 73.7 Å². The van der Waals surface area contributed by atoms with Crippen LogP contribution in [0.1, 0.15) is 92.5 Å². The predicted octanol–water partition coefficient (Wildman–Crippen LogP) is 3.29. The van der Waals surface area contributed by atoms with E-state index in [2.05, 4.69) is 15.3 Å². The van der Waals surface area contributed by atoms with Crippen LogP contribution in [-0.2, 0) is 18.9 Å². The Balaban J connectivity index is 1.50. The Kier molecular flexibility index (Phi) is 11.1. The molecular formula is C31H42N5O8P. The van der Waals surface area contributed by atoms with E-state index in [1.807, 2.05) is 13.8 Å². The fourth-order valence-electron chi connectivity index (χ4n) is 6.29. The third-order valence-electron chi connectivity index (χ3n) is 8.76. The van der Waals surface area contributed by atoms with Gasteiger partial charge in [0.1, 0.15) is 11.7 Å². The minimum Gasteiger partial charge on any atom is -0.370 e. The van der Waals surface area contributed by atoms with Crippen LogP contribution in [0.4, 0.5) is 0 Å². The molecule has 1 aromatic carbocycles. The number of H-pyrrole nitrogens is 1. The van der Waals surface area contributed by atoms with Gasteiger partial charge in [-0.2, -0.15) is 0 Å². The maximum Gasteiger partial charge on any atom is 0.396 e. The Labute approximate surface area is 261 Å². The summed E-state index contributed by atoms with van der Waals surface area (Å²) in [5.74, 6) is -2.11. The number of hydrogen-bond donors (Lipinski definition) is 5. The highest BCUT2D eigenvalue weighted by Crippen LogP contribution is 2.39. The molecule has 1 aromatic heterocycles. The van der Waals surface area contributed by atoms with Gasteiger partial charge in [0.15, 0.2) is 0 Å². The first-order chi connectivity index (χ1) is 21.3. The third kappa shape index (κ3) is 8.53. The van der Waals surface area contributed by atoms with Crippen molar-refractivity contribution in [2.24, 2.45) is 28.5 Å². The molecule has 1 saturated carbocycles. The van der Waals surface area contributed by atoms with Crippen molar-refractivity contribution >= 4 is 53.4 Å². The molecule has 0 bridgehead atoms. The summed E-state index contributed by atoms with van der Waals surface area (Å²) in [4.78, 5) is 91.3. The fraction of sp³-hybridized carbons (Fsp3) is 0.548. The van der Waals surface area contributed by atoms with Crippen LogP contribution in [0.2, 0.25) is 0 Å². The summed E-state index contributed by atoms with van der Waals surface area (Å²) in [6.45, 7) is 4.26. The van der Waals surface area contributed by atoms with Crippen molar-refractivity contribution in [2.45, 2.75) is 77.7 Å². The van der Waals surface area contributed by atoms with Gasteiger partial charge in [0.05, 0.1) is 5.92 Å². The molecule has 13 nitrogen and oxygen atoms in total. The number of nitrogens with two attached hydrogens (primary N) is 1. The van der Waals surface area contributed by atoms with E-state index in [0.29, 0.717) is 36.0 Å². The molecule has 45 heavy (non-hydrogen) atoms. The van der Waals surface area contributed by atoms with E-state index < -0.39 is 42.8 Å². The summed E-state index contributed by atoms with van der Waals surface area (Å²) in [5, 5.41) is 3.30. The Morgan fingerprint density at radius 2 is 1.76 bits per heavy atom. The average Bonchev–Trinajstić information content (AvgIpc) is 3.66. The first-order valence-corrected chi connectivity index (χ1v) is 17.1. The molecule has 244 valence electrons. The number of hydrogen-bond acceptors (Lipinski definition) is 6. The lowest BCUT2D eigenvalue weighted by molar-refractivity contribution is -0.142. The number of carbonyl (C=O) groups excluding carboxylic acids is 5. The molecule has 1 aliphatic heterocycles. The zero-order chi connectivity index (χ0) is 32.9. The number of aliphatic imine (C=N–C) groups is 1. The van der Waals surface area contributed by atoms with Crippen molar-refractivity contribution in [3.63, 3.8) is 0 Å². The van der Waals surface area contributed by atoms with Crippen molar-refractivity contribution in [2.75, 3.05) is 13.1 Å². The van der Waals surface area contributed by atoms with Gasteiger partial charge < -0.3 is 30.7 Å². The first kappa shape index (κ1) is 34.2. The number of nitrogens with one attached hydrogen (secondary N) is 2. The van der Waals surface area contributed by atoms with Crippen LogP contribution >= 0.6 is 7.60 Å². The van der Waals surface area contributed by atoms with Crippen LogP contribution in [0, 0.1) is 17.8 Å². The summed E-state index contributed by atoms with van der Waals surface area (Å²) in [6, 6.07) is 4.83. The second-order valence-corrected chi connectivity index (χ2v) is 13.8. The molecule has 6 N–H and O–H groups in total.